The molecule has 25 heavy (non-hydrogen) atoms. The number of carbonyl (C=O) groups is 2. The van der Waals surface area contributed by atoms with Crippen LogP contribution < -0.4 is 0 Å². The van der Waals surface area contributed by atoms with Crippen LogP contribution in [0.1, 0.15) is 5.56 Å². The summed E-state index contributed by atoms with van der Waals surface area (Å²) in [5.41, 5.74) is 0.815. The van der Waals surface area contributed by atoms with Crippen molar-refractivity contribution in [3.63, 3.8) is 0 Å². The number of carboxylic acids is 2. The molecular formula is C14H13Cl2N3O6. The number of ether oxygens (including phenoxy) is 2. The van der Waals surface area contributed by atoms with Gasteiger partial charge < -0.3 is 19.7 Å². The maximum Gasteiger partial charge on any atom is 0.414 e. The average molecular weight is 390 g/mol. The highest BCUT2D eigenvalue weighted by atomic mass is 35.5. The molecule has 0 amide bonds. The largest absolute Gasteiger partial charge is 0.473 e. The van der Waals surface area contributed by atoms with Crippen LogP contribution in [0.2, 0.25) is 10.0 Å². The summed E-state index contributed by atoms with van der Waals surface area (Å²) in [5, 5.41) is 19.8. The van der Waals surface area contributed by atoms with E-state index in [1.54, 1.807) is 23.1 Å². The molecule has 0 bridgehead atoms. The van der Waals surface area contributed by atoms with E-state index in [4.69, 9.17) is 52.5 Å². The van der Waals surface area contributed by atoms with Crippen LogP contribution in [0, 0.1) is 0 Å². The molecular weight excluding hydrogens is 377 g/mol. The van der Waals surface area contributed by atoms with Crippen LogP contribution in [0.15, 0.2) is 30.9 Å². The predicted molar refractivity (Wildman–Crippen MR) is 85.3 cm³/mol. The number of carboxylic acid groups (broad SMARTS) is 2. The van der Waals surface area contributed by atoms with Gasteiger partial charge in [-0.05, 0) is 12.1 Å². The molecule has 0 atom stereocenters. The first-order valence-electron chi connectivity index (χ1n) is 6.86. The van der Waals surface area contributed by atoms with Gasteiger partial charge in [-0.2, -0.15) is 5.10 Å². The van der Waals surface area contributed by atoms with E-state index in [2.05, 4.69) is 10.1 Å². The molecule has 0 radical (unpaired) electrons. The van der Waals surface area contributed by atoms with Gasteiger partial charge in [-0.1, -0.05) is 29.3 Å². The Hall–Kier alpha value is -2.20. The van der Waals surface area contributed by atoms with Gasteiger partial charge in [0.2, 0.25) is 5.79 Å². The molecule has 2 heterocycles. The van der Waals surface area contributed by atoms with Crippen LogP contribution in [0.25, 0.3) is 0 Å². The van der Waals surface area contributed by atoms with Gasteiger partial charge in [0.25, 0.3) is 0 Å². The zero-order valence-corrected chi connectivity index (χ0v) is 14.1. The fraction of sp³-hybridized carbons (Fsp3) is 0.286. The summed E-state index contributed by atoms with van der Waals surface area (Å²) in [5.74, 6) is -4.54. The number of rotatable bonds is 3. The van der Waals surface area contributed by atoms with Crippen LogP contribution in [0.5, 0.6) is 0 Å². The molecule has 2 N–H and O–H groups in total. The minimum Gasteiger partial charge on any atom is -0.473 e. The van der Waals surface area contributed by atoms with Crippen LogP contribution in [0.4, 0.5) is 0 Å². The lowest BCUT2D eigenvalue weighted by atomic mass is 10.1. The molecule has 134 valence electrons. The monoisotopic (exact) mass is 389 g/mol. The van der Waals surface area contributed by atoms with E-state index in [0.717, 1.165) is 5.56 Å². The Morgan fingerprint density at radius 3 is 2.28 bits per heavy atom. The van der Waals surface area contributed by atoms with Crippen molar-refractivity contribution < 1.29 is 29.3 Å². The van der Waals surface area contributed by atoms with Gasteiger partial charge in [-0.15, -0.1) is 0 Å². The maximum atomic E-state index is 9.10. The number of hydrogen-bond acceptors (Lipinski definition) is 6. The van der Waals surface area contributed by atoms with Gasteiger partial charge in [-0.3, -0.25) is 0 Å². The Labute approximate surface area is 151 Å². The molecule has 1 aromatic carbocycles. The number of aromatic nitrogens is 3. The van der Waals surface area contributed by atoms with Gasteiger partial charge in [-0.25, -0.2) is 19.3 Å². The lowest BCUT2D eigenvalue weighted by molar-refractivity contribution is -0.177. The van der Waals surface area contributed by atoms with E-state index in [1.165, 1.54) is 6.33 Å². The summed E-state index contributed by atoms with van der Waals surface area (Å²) < 4.78 is 13.2. The van der Waals surface area contributed by atoms with E-state index in [-0.39, 0.29) is 0 Å². The smallest absolute Gasteiger partial charge is 0.414 e. The molecule has 1 saturated heterocycles. The zero-order chi connectivity index (χ0) is 18.4. The van der Waals surface area contributed by atoms with Crippen LogP contribution in [-0.4, -0.2) is 50.1 Å². The van der Waals surface area contributed by atoms with Crippen molar-refractivity contribution in [1.82, 2.24) is 14.8 Å². The van der Waals surface area contributed by atoms with Crippen molar-refractivity contribution in [2.45, 2.75) is 12.3 Å². The number of halogens is 2. The SMILES string of the molecule is Clc1ccc(C2(Cn3cncn3)OCCO2)cc1Cl.O=C(O)C(=O)O. The first-order valence-corrected chi connectivity index (χ1v) is 7.62. The highest BCUT2D eigenvalue weighted by Crippen LogP contribution is 2.36. The third kappa shape index (κ3) is 4.89. The minimum atomic E-state index is -1.82. The lowest BCUT2D eigenvalue weighted by Crippen LogP contribution is -2.33. The third-order valence-electron chi connectivity index (χ3n) is 3.13. The van der Waals surface area contributed by atoms with Gasteiger partial charge in [0.05, 0.1) is 23.3 Å². The molecule has 0 aliphatic carbocycles. The highest BCUT2D eigenvalue weighted by Gasteiger charge is 2.39. The van der Waals surface area contributed by atoms with Crippen molar-refractivity contribution >= 4 is 35.1 Å². The second-order valence-electron chi connectivity index (χ2n) is 4.78. The second kappa shape index (κ2) is 8.26. The zero-order valence-electron chi connectivity index (χ0n) is 12.6. The first kappa shape index (κ1) is 19.1. The molecule has 0 spiro atoms. The average Bonchev–Trinajstić information content (AvgIpc) is 3.23. The predicted octanol–water partition coefficient (Wildman–Crippen LogP) is 1.64. The quantitative estimate of drug-likeness (QED) is 0.759. The van der Waals surface area contributed by atoms with Crippen molar-refractivity contribution in [2.24, 2.45) is 0 Å². The van der Waals surface area contributed by atoms with Gasteiger partial charge in [0.1, 0.15) is 19.2 Å². The normalized spacial score (nSPS) is 15.3. The molecule has 1 aliphatic heterocycles. The fourth-order valence-corrected chi connectivity index (χ4v) is 2.36. The maximum absolute atomic E-state index is 9.10. The Morgan fingerprint density at radius 2 is 1.80 bits per heavy atom. The summed E-state index contributed by atoms with van der Waals surface area (Å²) in [4.78, 5) is 22.1. The summed E-state index contributed by atoms with van der Waals surface area (Å²) in [6.45, 7) is 1.45. The third-order valence-corrected chi connectivity index (χ3v) is 3.87. The molecule has 9 nitrogen and oxygen atoms in total. The Balaban J connectivity index is 0.000000326. The van der Waals surface area contributed by atoms with E-state index < -0.39 is 17.7 Å². The molecule has 3 rings (SSSR count). The van der Waals surface area contributed by atoms with Crippen molar-refractivity contribution in [3.8, 4) is 0 Å². The molecule has 1 fully saturated rings. The van der Waals surface area contributed by atoms with Gasteiger partial charge >= 0.3 is 11.9 Å². The molecule has 2 aromatic rings. The topological polar surface area (TPSA) is 124 Å². The lowest BCUT2D eigenvalue weighted by Gasteiger charge is -2.27. The van der Waals surface area contributed by atoms with Crippen molar-refractivity contribution in [1.29, 1.82) is 0 Å². The number of benzene rings is 1. The number of nitrogens with zero attached hydrogens (tertiary/aromatic N) is 3. The second-order valence-corrected chi connectivity index (χ2v) is 5.60. The van der Waals surface area contributed by atoms with E-state index in [0.29, 0.717) is 29.8 Å². The molecule has 1 aliphatic rings. The highest BCUT2D eigenvalue weighted by molar-refractivity contribution is 6.42. The molecule has 11 heteroatoms. The Morgan fingerprint density at radius 1 is 1.16 bits per heavy atom. The number of aliphatic carboxylic acids is 2. The standard InChI is InChI=1S/C12H11Cl2N3O2.C2H2O4/c13-10-2-1-9(5-11(10)14)12(18-3-4-19-12)6-17-8-15-7-16-17;3-1(4)2(5)6/h1-2,5,7-8H,3-4,6H2;(H,3,4)(H,5,6). The summed E-state index contributed by atoms with van der Waals surface area (Å²) in [6, 6.07) is 5.33. The van der Waals surface area contributed by atoms with Crippen LogP contribution in [-0.2, 0) is 31.4 Å². The summed E-state index contributed by atoms with van der Waals surface area (Å²) >= 11 is 12.0. The molecule has 0 unspecified atom stereocenters. The van der Waals surface area contributed by atoms with Crippen LogP contribution in [0.3, 0.4) is 0 Å². The van der Waals surface area contributed by atoms with E-state index >= 15 is 0 Å². The van der Waals surface area contributed by atoms with Crippen molar-refractivity contribution in [2.75, 3.05) is 13.2 Å². The van der Waals surface area contributed by atoms with E-state index in [9.17, 15) is 0 Å². The van der Waals surface area contributed by atoms with Gasteiger partial charge in [0, 0.05) is 5.56 Å². The molecule has 1 aromatic heterocycles. The van der Waals surface area contributed by atoms with Gasteiger partial charge in [0.15, 0.2) is 0 Å². The van der Waals surface area contributed by atoms with E-state index in [1.807, 2.05) is 6.07 Å². The van der Waals surface area contributed by atoms with Crippen LogP contribution >= 0.6 is 23.2 Å². The Bertz CT molecular complexity index is 735. The summed E-state index contributed by atoms with van der Waals surface area (Å²) in [7, 11) is 0. The fourth-order valence-electron chi connectivity index (χ4n) is 2.06. The van der Waals surface area contributed by atoms with Crippen molar-refractivity contribution in [3.05, 3.63) is 46.5 Å². The minimum absolute atomic E-state index is 0.408. The first-order chi connectivity index (χ1) is 11.8. The summed E-state index contributed by atoms with van der Waals surface area (Å²) in [6.07, 6.45) is 3.09. The number of hydrogen-bond donors (Lipinski definition) is 2. The Kier molecular flexibility index (Phi) is 6.32. The molecule has 0 saturated carbocycles.